The third-order valence-corrected chi connectivity index (χ3v) is 3.08. The lowest BCUT2D eigenvalue weighted by Crippen LogP contribution is -2.62. The molecule has 0 spiro atoms. The molecule has 7 heteroatoms. The van der Waals surface area contributed by atoms with Gasteiger partial charge in [0.05, 0.1) is 19.3 Å². The van der Waals surface area contributed by atoms with Gasteiger partial charge in [0, 0.05) is 26.2 Å². The lowest BCUT2D eigenvalue weighted by Gasteiger charge is -2.37. The summed E-state index contributed by atoms with van der Waals surface area (Å²) in [6, 6.07) is -0.913. The van der Waals surface area contributed by atoms with E-state index in [2.05, 4.69) is 10.6 Å². The Morgan fingerprint density at radius 2 is 2.18 bits per heavy atom. The highest BCUT2D eigenvalue weighted by Crippen LogP contribution is 2.09. The van der Waals surface area contributed by atoms with Crippen LogP contribution in [0, 0.1) is 0 Å². The number of carbonyl (C=O) groups is 2. The van der Waals surface area contributed by atoms with Crippen molar-refractivity contribution in [2.45, 2.75) is 12.1 Å². The second-order valence-corrected chi connectivity index (χ2v) is 4.24. The van der Waals surface area contributed by atoms with Crippen molar-refractivity contribution in [2.75, 3.05) is 39.4 Å². The van der Waals surface area contributed by atoms with Crippen LogP contribution in [0.2, 0.25) is 0 Å². The summed E-state index contributed by atoms with van der Waals surface area (Å²) in [5.74, 6) is -0.592. The molecule has 2 heterocycles. The van der Waals surface area contributed by atoms with Gasteiger partial charge < -0.3 is 26.0 Å². The van der Waals surface area contributed by atoms with E-state index in [1.165, 1.54) is 4.90 Å². The standard InChI is InChI=1S/C10H18N4O3/c11-9(15)8-6-17-4-3-14(8)10(16)7-5-12-1-2-13-7/h7-8,12-13H,1-6H2,(H2,11,15). The number of amides is 2. The molecule has 2 fully saturated rings. The number of ether oxygens (including phenoxy) is 1. The molecule has 0 bridgehead atoms. The fourth-order valence-corrected chi connectivity index (χ4v) is 2.13. The summed E-state index contributed by atoms with van der Waals surface area (Å²) < 4.78 is 5.18. The predicted molar refractivity (Wildman–Crippen MR) is 60.2 cm³/mol. The topological polar surface area (TPSA) is 96.7 Å². The summed E-state index contributed by atoms with van der Waals surface area (Å²) in [6.07, 6.45) is 0. The lowest BCUT2D eigenvalue weighted by molar-refractivity contribution is -0.148. The Morgan fingerprint density at radius 1 is 1.35 bits per heavy atom. The van der Waals surface area contributed by atoms with E-state index in [1.807, 2.05) is 0 Å². The highest BCUT2D eigenvalue weighted by Gasteiger charge is 2.35. The van der Waals surface area contributed by atoms with E-state index in [9.17, 15) is 9.59 Å². The van der Waals surface area contributed by atoms with Gasteiger partial charge in [-0.1, -0.05) is 0 Å². The van der Waals surface area contributed by atoms with Gasteiger partial charge in [-0.15, -0.1) is 0 Å². The summed E-state index contributed by atoms with van der Waals surface area (Å²) in [6.45, 7) is 3.26. The molecule has 2 aliphatic rings. The minimum Gasteiger partial charge on any atom is -0.377 e. The van der Waals surface area contributed by atoms with E-state index in [1.54, 1.807) is 0 Å². The van der Waals surface area contributed by atoms with E-state index in [0.29, 0.717) is 19.7 Å². The van der Waals surface area contributed by atoms with Crippen LogP contribution in [0.15, 0.2) is 0 Å². The van der Waals surface area contributed by atoms with Gasteiger partial charge in [0.15, 0.2) is 0 Å². The number of nitrogens with one attached hydrogen (secondary N) is 2. The molecular weight excluding hydrogens is 224 g/mol. The first-order valence-corrected chi connectivity index (χ1v) is 5.82. The summed E-state index contributed by atoms with van der Waals surface area (Å²) in [4.78, 5) is 25.0. The predicted octanol–water partition coefficient (Wildman–Crippen LogP) is -2.74. The maximum Gasteiger partial charge on any atom is 0.242 e. The fourth-order valence-electron chi connectivity index (χ4n) is 2.13. The number of carbonyl (C=O) groups excluding carboxylic acids is 2. The van der Waals surface area contributed by atoms with E-state index < -0.39 is 11.9 Å². The largest absolute Gasteiger partial charge is 0.377 e. The van der Waals surface area contributed by atoms with Gasteiger partial charge in [-0.3, -0.25) is 9.59 Å². The van der Waals surface area contributed by atoms with Crippen molar-refractivity contribution >= 4 is 11.8 Å². The molecular formula is C10H18N4O3. The molecule has 4 N–H and O–H groups in total. The number of hydrogen-bond donors (Lipinski definition) is 3. The molecule has 2 aliphatic heterocycles. The Hall–Kier alpha value is -1.18. The molecule has 0 radical (unpaired) electrons. The summed E-state index contributed by atoms with van der Waals surface area (Å²) in [7, 11) is 0. The number of rotatable bonds is 2. The van der Waals surface area contributed by atoms with Gasteiger partial charge >= 0.3 is 0 Å². The smallest absolute Gasteiger partial charge is 0.242 e. The Morgan fingerprint density at radius 3 is 2.82 bits per heavy atom. The van der Waals surface area contributed by atoms with E-state index >= 15 is 0 Å². The Bertz CT molecular complexity index is 304. The monoisotopic (exact) mass is 242 g/mol. The van der Waals surface area contributed by atoms with Crippen molar-refractivity contribution in [3.8, 4) is 0 Å². The Balaban J connectivity index is 2.02. The number of morpholine rings is 1. The number of piperazine rings is 1. The zero-order chi connectivity index (χ0) is 12.3. The Labute approximate surface area is 99.6 Å². The normalized spacial score (nSPS) is 30.0. The van der Waals surface area contributed by atoms with Crippen LogP contribution in [0.1, 0.15) is 0 Å². The van der Waals surface area contributed by atoms with Crippen molar-refractivity contribution in [2.24, 2.45) is 5.73 Å². The molecule has 2 amide bonds. The number of primary amides is 1. The third kappa shape index (κ3) is 2.74. The van der Waals surface area contributed by atoms with Crippen LogP contribution >= 0.6 is 0 Å². The fraction of sp³-hybridized carbons (Fsp3) is 0.800. The number of nitrogens with two attached hydrogens (primary N) is 1. The summed E-state index contributed by atoms with van der Waals surface area (Å²) in [5.41, 5.74) is 5.28. The minimum absolute atomic E-state index is 0.0794. The van der Waals surface area contributed by atoms with Crippen molar-refractivity contribution in [3.63, 3.8) is 0 Å². The Kier molecular flexibility index (Phi) is 3.93. The van der Waals surface area contributed by atoms with Crippen molar-refractivity contribution in [1.82, 2.24) is 15.5 Å². The second kappa shape index (κ2) is 5.44. The SMILES string of the molecule is NC(=O)C1COCCN1C(=O)C1CNCCN1. The average molecular weight is 242 g/mol. The van der Waals surface area contributed by atoms with Crippen LogP contribution in [-0.4, -0.2) is 68.2 Å². The summed E-state index contributed by atoms with van der Waals surface area (Å²) >= 11 is 0. The molecule has 2 saturated heterocycles. The molecule has 17 heavy (non-hydrogen) atoms. The minimum atomic E-state index is -0.639. The molecule has 2 rings (SSSR count). The number of nitrogens with zero attached hydrogens (tertiary/aromatic N) is 1. The molecule has 0 aliphatic carbocycles. The maximum absolute atomic E-state index is 12.2. The van der Waals surface area contributed by atoms with Crippen LogP contribution < -0.4 is 16.4 Å². The highest BCUT2D eigenvalue weighted by molar-refractivity contribution is 5.89. The van der Waals surface area contributed by atoms with Crippen molar-refractivity contribution < 1.29 is 14.3 Å². The van der Waals surface area contributed by atoms with Crippen LogP contribution in [0.4, 0.5) is 0 Å². The summed E-state index contributed by atoms with van der Waals surface area (Å²) in [5, 5.41) is 6.27. The molecule has 96 valence electrons. The molecule has 0 aromatic carbocycles. The second-order valence-electron chi connectivity index (χ2n) is 4.24. The molecule has 2 unspecified atom stereocenters. The van der Waals surface area contributed by atoms with E-state index in [4.69, 9.17) is 10.5 Å². The first-order chi connectivity index (χ1) is 8.20. The molecule has 7 nitrogen and oxygen atoms in total. The quantitative estimate of drug-likeness (QED) is 0.488. The van der Waals surface area contributed by atoms with Gasteiger partial charge in [-0.2, -0.15) is 0 Å². The molecule has 0 aromatic rings. The van der Waals surface area contributed by atoms with E-state index in [-0.39, 0.29) is 18.6 Å². The van der Waals surface area contributed by atoms with Gasteiger partial charge in [0.25, 0.3) is 0 Å². The van der Waals surface area contributed by atoms with Gasteiger partial charge in [-0.05, 0) is 0 Å². The van der Waals surface area contributed by atoms with Crippen molar-refractivity contribution in [1.29, 1.82) is 0 Å². The van der Waals surface area contributed by atoms with Crippen LogP contribution in [0.5, 0.6) is 0 Å². The third-order valence-electron chi connectivity index (χ3n) is 3.08. The van der Waals surface area contributed by atoms with Gasteiger partial charge in [0.2, 0.25) is 11.8 Å². The molecule has 0 saturated carbocycles. The average Bonchev–Trinajstić information content (AvgIpc) is 2.39. The molecule has 2 atom stereocenters. The van der Waals surface area contributed by atoms with Crippen LogP contribution in [0.25, 0.3) is 0 Å². The van der Waals surface area contributed by atoms with Gasteiger partial charge in [0.1, 0.15) is 6.04 Å². The lowest BCUT2D eigenvalue weighted by atomic mass is 10.1. The maximum atomic E-state index is 12.2. The molecule has 0 aromatic heterocycles. The van der Waals surface area contributed by atoms with E-state index in [0.717, 1.165) is 13.1 Å². The van der Waals surface area contributed by atoms with Crippen molar-refractivity contribution in [3.05, 3.63) is 0 Å². The zero-order valence-corrected chi connectivity index (χ0v) is 9.65. The number of hydrogen-bond acceptors (Lipinski definition) is 5. The van der Waals surface area contributed by atoms with Gasteiger partial charge in [-0.25, -0.2) is 0 Å². The zero-order valence-electron chi connectivity index (χ0n) is 9.65. The first kappa shape index (κ1) is 12.3. The first-order valence-electron chi connectivity index (χ1n) is 5.82. The van der Waals surface area contributed by atoms with Crippen LogP contribution in [0.3, 0.4) is 0 Å². The van der Waals surface area contributed by atoms with Crippen LogP contribution in [-0.2, 0) is 14.3 Å². The highest BCUT2D eigenvalue weighted by atomic mass is 16.5.